The van der Waals surface area contributed by atoms with Crippen molar-refractivity contribution >= 4 is 5.97 Å². The van der Waals surface area contributed by atoms with E-state index in [2.05, 4.69) is 9.88 Å². The Hall–Kier alpha value is -2.27. The highest BCUT2D eigenvalue weighted by molar-refractivity contribution is 5.72. The minimum Gasteiger partial charge on any atom is -0.469 e. The van der Waals surface area contributed by atoms with Crippen molar-refractivity contribution in [1.29, 1.82) is 0 Å². The van der Waals surface area contributed by atoms with Gasteiger partial charge in [0.15, 0.2) is 0 Å². The van der Waals surface area contributed by atoms with Crippen LogP contribution in [0.4, 0.5) is 4.39 Å². The van der Waals surface area contributed by atoms with E-state index in [0.717, 1.165) is 24.1 Å². The van der Waals surface area contributed by atoms with Gasteiger partial charge in [-0.3, -0.25) is 14.7 Å². The van der Waals surface area contributed by atoms with Crippen LogP contribution in [0, 0.1) is 11.7 Å². The third-order valence-electron chi connectivity index (χ3n) is 4.27. The number of carbonyl (C=O) groups is 1. The minimum absolute atomic E-state index is 0.0980. The average molecular weight is 314 g/mol. The van der Waals surface area contributed by atoms with Gasteiger partial charge in [-0.15, -0.1) is 0 Å². The lowest BCUT2D eigenvalue weighted by molar-refractivity contribution is -0.144. The predicted octanol–water partition coefficient (Wildman–Crippen LogP) is 2.88. The molecule has 0 bridgehead atoms. The Balaban J connectivity index is 1.69. The fourth-order valence-electron chi connectivity index (χ4n) is 2.98. The largest absolute Gasteiger partial charge is 0.469 e. The number of ether oxygens (including phenoxy) is 1. The molecule has 4 nitrogen and oxygen atoms in total. The highest BCUT2D eigenvalue weighted by Gasteiger charge is 2.29. The van der Waals surface area contributed by atoms with Crippen molar-refractivity contribution in [3.8, 4) is 11.1 Å². The molecule has 3 rings (SSSR count). The maximum atomic E-state index is 14.4. The molecule has 5 heteroatoms. The quantitative estimate of drug-likeness (QED) is 0.814. The Morgan fingerprint density at radius 1 is 1.30 bits per heavy atom. The maximum Gasteiger partial charge on any atom is 0.310 e. The van der Waals surface area contributed by atoms with E-state index in [1.807, 2.05) is 24.3 Å². The van der Waals surface area contributed by atoms with Crippen LogP contribution >= 0.6 is 0 Å². The van der Waals surface area contributed by atoms with Gasteiger partial charge in [-0.2, -0.15) is 0 Å². The molecule has 1 aliphatic heterocycles. The fraction of sp³-hybridized carbons (Fsp3) is 0.333. The number of esters is 1. The zero-order valence-electron chi connectivity index (χ0n) is 13.0. The summed E-state index contributed by atoms with van der Waals surface area (Å²) in [6.45, 7) is 1.92. The van der Waals surface area contributed by atoms with Crippen LogP contribution in [0.15, 0.2) is 42.7 Å². The van der Waals surface area contributed by atoms with Crippen molar-refractivity contribution in [3.05, 3.63) is 54.1 Å². The molecule has 0 saturated carbocycles. The molecule has 1 aliphatic rings. The van der Waals surface area contributed by atoms with Gasteiger partial charge in [-0.05, 0) is 42.3 Å². The second-order valence-electron chi connectivity index (χ2n) is 5.79. The van der Waals surface area contributed by atoms with Gasteiger partial charge in [0.25, 0.3) is 0 Å². The number of aromatic nitrogens is 1. The number of hydrogen-bond acceptors (Lipinski definition) is 4. The van der Waals surface area contributed by atoms with Crippen molar-refractivity contribution in [2.24, 2.45) is 5.92 Å². The van der Waals surface area contributed by atoms with Crippen LogP contribution < -0.4 is 0 Å². The lowest BCUT2D eigenvalue weighted by Crippen LogP contribution is -2.24. The van der Waals surface area contributed by atoms with E-state index < -0.39 is 0 Å². The molecule has 0 radical (unpaired) electrons. The molecule has 0 aliphatic carbocycles. The van der Waals surface area contributed by atoms with Gasteiger partial charge in [0.1, 0.15) is 5.82 Å². The van der Waals surface area contributed by atoms with Crippen LogP contribution in [0.25, 0.3) is 11.1 Å². The highest BCUT2D eigenvalue weighted by Crippen LogP contribution is 2.24. The molecular formula is C18H19FN2O2. The standard InChI is InChI=1S/C18H19FN2O2/c1-23-18(22)16-6-9-21(12-16)11-15-3-2-14(10-17(15)19)13-4-7-20-8-5-13/h2-5,7-8,10,16H,6,9,11-12H2,1H3/t16-/m0/s1. The summed E-state index contributed by atoms with van der Waals surface area (Å²) >= 11 is 0. The first kappa shape index (κ1) is 15.6. The molecule has 120 valence electrons. The molecule has 1 atom stereocenters. The van der Waals surface area contributed by atoms with E-state index in [4.69, 9.17) is 4.74 Å². The zero-order chi connectivity index (χ0) is 16.2. The summed E-state index contributed by atoms with van der Waals surface area (Å²) in [6.07, 6.45) is 4.15. The van der Waals surface area contributed by atoms with E-state index in [-0.39, 0.29) is 17.7 Å². The van der Waals surface area contributed by atoms with Crippen molar-refractivity contribution in [3.63, 3.8) is 0 Å². The number of rotatable bonds is 4. The SMILES string of the molecule is COC(=O)[C@H]1CCN(Cc2ccc(-c3ccncc3)cc2F)C1. The highest BCUT2D eigenvalue weighted by atomic mass is 19.1. The first-order valence-corrected chi connectivity index (χ1v) is 7.66. The number of nitrogens with zero attached hydrogens (tertiary/aromatic N) is 2. The van der Waals surface area contributed by atoms with Crippen LogP contribution in [-0.4, -0.2) is 36.1 Å². The lowest BCUT2D eigenvalue weighted by atomic mass is 10.0. The maximum absolute atomic E-state index is 14.4. The molecule has 2 aromatic rings. The zero-order valence-corrected chi connectivity index (χ0v) is 13.0. The third-order valence-corrected chi connectivity index (χ3v) is 4.27. The summed E-state index contributed by atoms with van der Waals surface area (Å²) in [4.78, 5) is 17.6. The van der Waals surface area contributed by atoms with E-state index in [9.17, 15) is 9.18 Å². The molecule has 0 unspecified atom stereocenters. The summed E-state index contributed by atoms with van der Waals surface area (Å²) < 4.78 is 19.2. The van der Waals surface area contributed by atoms with Crippen LogP contribution in [0.3, 0.4) is 0 Å². The molecule has 0 amide bonds. The lowest BCUT2D eigenvalue weighted by Gasteiger charge is -2.16. The summed E-state index contributed by atoms with van der Waals surface area (Å²) in [5.74, 6) is -0.499. The van der Waals surface area contributed by atoms with Gasteiger partial charge in [0, 0.05) is 31.0 Å². The molecule has 1 aromatic carbocycles. The number of benzene rings is 1. The number of pyridine rings is 1. The molecule has 23 heavy (non-hydrogen) atoms. The van der Waals surface area contributed by atoms with Crippen LogP contribution in [0.1, 0.15) is 12.0 Å². The predicted molar refractivity (Wildman–Crippen MR) is 85.0 cm³/mol. The van der Waals surface area contributed by atoms with Gasteiger partial charge in [0.05, 0.1) is 13.0 Å². The number of halogens is 1. The summed E-state index contributed by atoms with van der Waals surface area (Å²) in [6, 6.07) is 9.00. The molecule has 1 aromatic heterocycles. The number of hydrogen-bond donors (Lipinski definition) is 0. The third kappa shape index (κ3) is 3.56. The Bertz CT molecular complexity index is 691. The number of carbonyl (C=O) groups excluding carboxylic acids is 1. The average Bonchev–Trinajstić information content (AvgIpc) is 3.05. The van der Waals surface area contributed by atoms with Gasteiger partial charge < -0.3 is 4.74 Å². The van der Waals surface area contributed by atoms with Crippen molar-refractivity contribution in [2.45, 2.75) is 13.0 Å². The molecule has 2 heterocycles. The topological polar surface area (TPSA) is 42.4 Å². The Labute approximate surface area is 134 Å². The van der Waals surface area contributed by atoms with Crippen LogP contribution in [0.5, 0.6) is 0 Å². The second-order valence-corrected chi connectivity index (χ2v) is 5.79. The van der Waals surface area contributed by atoms with Crippen LogP contribution in [0.2, 0.25) is 0 Å². The van der Waals surface area contributed by atoms with Crippen molar-refractivity contribution in [2.75, 3.05) is 20.2 Å². The van der Waals surface area contributed by atoms with Gasteiger partial charge in [-0.1, -0.05) is 12.1 Å². The van der Waals surface area contributed by atoms with Gasteiger partial charge in [0.2, 0.25) is 0 Å². The summed E-state index contributed by atoms with van der Waals surface area (Å²) in [7, 11) is 1.41. The molecular weight excluding hydrogens is 295 g/mol. The first-order chi connectivity index (χ1) is 11.2. The van der Waals surface area contributed by atoms with E-state index in [1.165, 1.54) is 7.11 Å². The fourth-order valence-corrected chi connectivity index (χ4v) is 2.98. The Morgan fingerprint density at radius 3 is 2.78 bits per heavy atom. The van der Waals surface area contributed by atoms with E-state index >= 15 is 0 Å². The van der Waals surface area contributed by atoms with E-state index in [0.29, 0.717) is 18.7 Å². The number of methoxy groups -OCH3 is 1. The Kier molecular flexibility index (Phi) is 4.67. The van der Waals surface area contributed by atoms with Crippen molar-refractivity contribution < 1.29 is 13.9 Å². The normalized spacial score (nSPS) is 18.1. The second kappa shape index (κ2) is 6.87. The summed E-state index contributed by atoms with van der Waals surface area (Å²) in [5, 5.41) is 0. The minimum atomic E-state index is -0.221. The molecule has 1 fully saturated rings. The van der Waals surface area contributed by atoms with Crippen LogP contribution in [-0.2, 0) is 16.1 Å². The van der Waals surface area contributed by atoms with Gasteiger partial charge >= 0.3 is 5.97 Å². The van der Waals surface area contributed by atoms with Gasteiger partial charge in [-0.25, -0.2) is 4.39 Å². The molecule has 0 N–H and O–H groups in total. The molecule has 1 saturated heterocycles. The summed E-state index contributed by atoms with van der Waals surface area (Å²) in [5.41, 5.74) is 2.42. The molecule has 0 spiro atoms. The first-order valence-electron chi connectivity index (χ1n) is 7.66. The number of likely N-dealkylation sites (tertiary alicyclic amines) is 1. The van der Waals surface area contributed by atoms with Crippen molar-refractivity contribution in [1.82, 2.24) is 9.88 Å². The smallest absolute Gasteiger partial charge is 0.310 e. The monoisotopic (exact) mass is 314 g/mol. The Morgan fingerprint density at radius 2 is 2.09 bits per heavy atom. The van der Waals surface area contributed by atoms with E-state index in [1.54, 1.807) is 18.5 Å².